The molecule has 0 aliphatic rings. The SMILES string of the molecule is Cc1nc2ccc(Cl)cn2c1-c1ccc(F)cc1. The lowest BCUT2D eigenvalue weighted by atomic mass is 10.1. The van der Waals surface area contributed by atoms with Crippen LogP contribution in [0.4, 0.5) is 4.39 Å². The summed E-state index contributed by atoms with van der Waals surface area (Å²) < 4.78 is 14.9. The Morgan fingerprint density at radius 2 is 1.83 bits per heavy atom. The number of benzene rings is 1. The monoisotopic (exact) mass is 260 g/mol. The molecule has 2 heterocycles. The number of rotatable bonds is 1. The van der Waals surface area contributed by atoms with Gasteiger partial charge in [0.05, 0.1) is 16.4 Å². The van der Waals surface area contributed by atoms with Crippen LogP contribution >= 0.6 is 11.6 Å². The van der Waals surface area contributed by atoms with E-state index < -0.39 is 0 Å². The van der Waals surface area contributed by atoms with Gasteiger partial charge in [-0.15, -0.1) is 0 Å². The Hall–Kier alpha value is -1.87. The highest BCUT2D eigenvalue weighted by molar-refractivity contribution is 6.30. The average molecular weight is 261 g/mol. The van der Waals surface area contributed by atoms with Gasteiger partial charge in [0.25, 0.3) is 0 Å². The summed E-state index contributed by atoms with van der Waals surface area (Å²) in [5, 5.41) is 0.642. The van der Waals surface area contributed by atoms with Gasteiger partial charge in [0.15, 0.2) is 0 Å². The van der Waals surface area contributed by atoms with Crippen molar-refractivity contribution in [1.29, 1.82) is 0 Å². The van der Waals surface area contributed by atoms with Crippen molar-refractivity contribution < 1.29 is 4.39 Å². The summed E-state index contributed by atoms with van der Waals surface area (Å²) in [7, 11) is 0. The van der Waals surface area contributed by atoms with Gasteiger partial charge >= 0.3 is 0 Å². The summed E-state index contributed by atoms with van der Waals surface area (Å²) in [5.74, 6) is -0.247. The molecule has 0 aliphatic heterocycles. The van der Waals surface area contributed by atoms with E-state index in [2.05, 4.69) is 4.98 Å². The summed E-state index contributed by atoms with van der Waals surface area (Å²) in [6.45, 7) is 1.93. The third-order valence-electron chi connectivity index (χ3n) is 2.87. The molecule has 0 spiro atoms. The molecule has 3 rings (SSSR count). The number of hydrogen-bond donors (Lipinski definition) is 0. The van der Waals surface area contributed by atoms with E-state index in [0.717, 1.165) is 22.6 Å². The Balaban J connectivity index is 2.30. The number of halogens is 2. The maximum absolute atomic E-state index is 13.0. The van der Waals surface area contributed by atoms with Crippen LogP contribution in [-0.4, -0.2) is 9.38 Å². The van der Waals surface area contributed by atoms with Crippen LogP contribution in [0.15, 0.2) is 42.6 Å². The van der Waals surface area contributed by atoms with Crippen LogP contribution in [0.1, 0.15) is 5.69 Å². The molecule has 0 N–H and O–H groups in total. The Bertz CT molecular complexity index is 716. The van der Waals surface area contributed by atoms with Crippen LogP contribution < -0.4 is 0 Å². The summed E-state index contributed by atoms with van der Waals surface area (Å²) in [4.78, 5) is 4.46. The third-order valence-corrected chi connectivity index (χ3v) is 3.10. The molecule has 0 unspecified atom stereocenters. The van der Waals surface area contributed by atoms with E-state index in [1.54, 1.807) is 18.2 Å². The zero-order valence-electron chi connectivity index (χ0n) is 9.69. The van der Waals surface area contributed by atoms with E-state index in [-0.39, 0.29) is 5.82 Å². The predicted octanol–water partition coefficient (Wildman–Crippen LogP) is 4.10. The van der Waals surface area contributed by atoms with E-state index in [1.165, 1.54) is 12.1 Å². The smallest absolute Gasteiger partial charge is 0.137 e. The Morgan fingerprint density at radius 1 is 1.11 bits per heavy atom. The minimum Gasteiger partial charge on any atom is -0.298 e. The molecule has 18 heavy (non-hydrogen) atoms. The number of imidazole rings is 1. The quantitative estimate of drug-likeness (QED) is 0.644. The largest absolute Gasteiger partial charge is 0.298 e. The molecule has 0 saturated heterocycles. The first-order chi connectivity index (χ1) is 8.65. The van der Waals surface area contributed by atoms with Crippen LogP contribution in [0, 0.1) is 12.7 Å². The first-order valence-corrected chi connectivity index (χ1v) is 5.93. The molecule has 4 heteroatoms. The molecular weight excluding hydrogens is 251 g/mol. The van der Waals surface area contributed by atoms with Gasteiger partial charge in [-0.2, -0.15) is 0 Å². The Labute approximate surface area is 109 Å². The number of fused-ring (bicyclic) bond motifs is 1. The Kier molecular flexibility index (Phi) is 2.56. The van der Waals surface area contributed by atoms with E-state index in [0.29, 0.717) is 5.02 Å². The molecule has 0 atom stereocenters. The van der Waals surface area contributed by atoms with Gasteiger partial charge in [-0.05, 0) is 43.3 Å². The maximum Gasteiger partial charge on any atom is 0.137 e. The van der Waals surface area contributed by atoms with E-state index in [9.17, 15) is 4.39 Å². The second kappa shape index (κ2) is 4.10. The van der Waals surface area contributed by atoms with E-state index in [1.807, 2.05) is 23.6 Å². The molecule has 3 aromatic rings. The fourth-order valence-electron chi connectivity index (χ4n) is 2.09. The Morgan fingerprint density at radius 3 is 2.56 bits per heavy atom. The highest BCUT2D eigenvalue weighted by Gasteiger charge is 2.10. The van der Waals surface area contributed by atoms with Crippen LogP contribution in [0.2, 0.25) is 5.02 Å². The zero-order chi connectivity index (χ0) is 12.7. The molecule has 1 aromatic carbocycles. The van der Waals surface area contributed by atoms with Gasteiger partial charge in [-0.3, -0.25) is 4.40 Å². The molecule has 0 amide bonds. The third kappa shape index (κ3) is 1.77. The molecule has 0 radical (unpaired) electrons. The summed E-state index contributed by atoms with van der Waals surface area (Å²) in [5.41, 5.74) is 3.58. The molecule has 0 bridgehead atoms. The molecule has 0 aliphatic carbocycles. The number of hydrogen-bond acceptors (Lipinski definition) is 1. The number of aromatic nitrogens is 2. The number of aryl methyl sites for hydroxylation is 1. The lowest BCUT2D eigenvalue weighted by Gasteiger charge is -2.03. The zero-order valence-corrected chi connectivity index (χ0v) is 10.4. The van der Waals surface area contributed by atoms with Gasteiger partial charge in [0.2, 0.25) is 0 Å². The minimum atomic E-state index is -0.247. The lowest BCUT2D eigenvalue weighted by molar-refractivity contribution is 0.628. The van der Waals surface area contributed by atoms with Gasteiger partial charge in [-0.1, -0.05) is 11.6 Å². The topological polar surface area (TPSA) is 17.3 Å². The molecule has 90 valence electrons. The van der Waals surface area contributed by atoms with Crippen molar-refractivity contribution in [1.82, 2.24) is 9.38 Å². The van der Waals surface area contributed by atoms with Gasteiger partial charge in [0.1, 0.15) is 11.5 Å². The molecule has 0 fully saturated rings. The maximum atomic E-state index is 13.0. The molecule has 2 nitrogen and oxygen atoms in total. The second-order valence-electron chi connectivity index (χ2n) is 4.13. The average Bonchev–Trinajstić information content (AvgIpc) is 2.66. The van der Waals surface area contributed by atoms with Gasteiger partial charge in [-0.25, -0.2) is 9.37 Å². The summed E-state index contributed by atoms with van der Waals surface area (Å²) in [6, 6.07) is 10.0. The number of pyridine rings is 1. The van der Waals surface area contributed by atoms with E-state index in [4.69, 9.17) is 11.6 Å². The normalized spacial score (nSPS) is 11.1. The van der Waals surface area contributed by atoms with Crippen LogP contribution in [-0.2, 0) is 0 Å². The summed E-state index contributed by atoms with van der Waals surface area (Å²) >= 11 is 6.00. The highest BCUT2D eigenvalue weighted by Crippen LogP contribution is 2.26. The van der Waals surface area contributed by atoms with Gasteiger partial charge < -0.3 is 0 Å². The molecular formula is C14H10ClFN2. The van der Waals surface area contributed by atoms with E-state index >= 15 is 0 Å². The predicted molar refractivity (Wildman–Crippen MR) is 70.3 cm³/mol. The fourth-order valence-corrected chi connectivity index (χ4v) is 2.25. The first kappa shape index (κ1) is 11.2. The van der Waals surface area contributed by atoms with Crippen molar-refractivity contribution in [2.75, 3.05) is 0 Å². The van der Waals surface area contributed by atoms with Crippen LogP contribution in [0.25, 0.3) is 16.9 Å². The van der Waals surface area contributed by atoms with Crippen molar-refractivity contribution in [3.8, 4) is 11.3 Å². The molecule has 2 aromatic heterocycles. The van der Waals surface area contributed by atoms with Crippen LogP contribution in [0.3, 0.4) is 0 Å². The first-order valence-electron chi connectivity index (χ1n) is 5.55. The van der Waals surface area contributed by atoms with Crippen molar-refractivity contribution in [2.45, 2.75) is 6.92 Å². The summed E-state index contributed by atoms with van der Waals surface area (Å²) in [6.07, 6.45) is 1.82. The molecule has 0 saturated carbocycles. The van der Waals surface area contributed by atoms with Crippen molar-refractivity contribution in [3.63, 3.8) is 0 Å². The van der Waals surface area contributed by atoms with Crippen molar-refractivity contribution >= 4 is 17.2 Å². The second-order valence-corrected chi connectivity index (χ2v) is 4.56. The number of nitrogens with zero attached hydrogens (tertiary/aromatic N) is 2. The van der Waals surface area contributed by atoms with Crippen LogP contribution in [0.5, 0.6) is 0 Å². The minimum absolute atomic E-state index is 0.247. The highest BCUT2D eigenvalue weighted by atomic mass is 35.5. The lowest BCUT2D eigenvalue weighted by Crippen LogP contribution is -1.89. The van der Waals surface area contributed by atoms with Gasteiger partial charge in [0, 0.05) is 11.8 Å². The van der Waals surface area contributed by atoms with Crippen molar-refractivity contribution in [2.24, 2.45) is 0 Å². The van der Waals surface area contributed by atoms with Crippen molar-refractivity contribution in [3.05, 3.63) is 59.1 Å². The fraction of sp³-hybridized carbons (Fsp3) is 0.0714. The standard InChI is InChI=1S/C14H10ClFN2/c1-9-14(10-2-5-12(16)6-3-10)18-8-11(15)4-7-13(18)17-9/h2-8H,1H3.